The molecule has 0 aliphatic heterocycles. The highest BCUT2D eigenvalue weighted by molar-refractivity contribution is 5.83. The average Bonchev–Trinajstić information content (AvgIpc) is 2.80. The molecule has 1 aromatic carbocycles. The van der Waals surface area contributed by atoms with Crippen LogP contribution >= 0.6 is 0 Å². The van der Waals surface area contributed by atoms with Crippen LogP contribution in [0.15, 0.2) is 24.3 Å². The number of aromatic nitrogens is 3. The molecule has 0 fully saturated rings. The van der Waals surface area contributed by atoms with Crippen LogP contribution in [0.25, 0.3) is 11.3 Å². The standard InChI is InChI=1S/C13H14FN3O/c1-2-3-8-17-13(12(9-18)15-16-17)10-4-6-11(14)7-5-10/h4-7,9H,2-3,8H2,1H3. The van der Waals surface area contributed by atoms with Gasteiger partial charge in [-0.3, -0.25) is 4.79 Å². The van der Waals surface area contributed by atoms with Gasteiger partial charge in [0.15, 0.2) is 12.0 Å². The maximum absolute atomic E-state index is 12.9. The molecule has 0 saturated carbocycles. The predicted octanol–water partition coefficient (Wildman–Crippen LogP) is 2.70. The van der Waals surface area contributed by atoms with Gasteiger partial charge in [0, 0.05) is 12.1 Å². The number of nitrogens with zero attached hydrogens (tertiary/aromatic N) is 3. The van der Waals surface area contributed by atoms with Crippen LogP contribution in [0.5, 0.6) is 0 Å². The molecule has 1 aromatic heterocycles. The zero-order valence-corrected chi connectivity index (χ0v) is 10.1. The molecule has 0 aliphatic carbocycles. The van der Waals surface area contributed by atoms with Crippen molar-refractivity contribution in [1.29, 1.82) is 0 Å². The van der Waals surface area contributed by atoms with E-state index in [0.29, 0.717) is 18.5 Å². The number of benzene rings is 1. The summed E-state index contributed by atoms with van der Waals surface area (Å²) in [6.07, 6.45) is 2.66. The molecule has 0 spiro atoms. The van der Waals surface area contributed by atoms with E-state index in [1.54, 1.807) is 16.8 Å². The van der Waals surface area contributed by atoms with Crippen LogP contribution in [-0.2, 0) is 6.54 Å². The number of unbranched alkanes of at least 4 members (excludes halogenated alkanes) is 1. The first-order valence-electron chi connectivity index (χ1n) is 5.91. The van der Waals surface area contributed by atoms with Gasteiger partial charge in [-0.2, -0.15) is 0 Å². The van der Waals surface area contributed by atoms with Crippen molar-refractivity contribution in [1.82, 2.24) is 15.0 Å². The molecule has 5 heteroatoms. The fourth-order valence-electron chi connectivity index (χ4n) is 1.77. The van der Waals surface area contributed by atoms with Crippen molar-refractivity contribution in [2.24, 2.45) is 0 Å². The van der Waals surface area contributed by atoms with Crippen LogP contribution < -0.4 is 0 Å². The van der Waals surface area contributed by atoms with Crippen molar-refractivity contribution >= 4 is 6.29 Å². The molecular formula is C13H14FN3O. The van der Waals surface area contributed by atoms with E-state index in [2.05, 4.69) is 17.2 Å². The Morgan fingerprint density at radius 2 is 2.06 bits per heavy atom. The minimum Gasteiger partial charge on any atom is -0.296 e. The number of carbonyl (C=O) groups excluding carboxylic acids is 1. The van der Waals surface area contributed by atoms with E-state index in [0.717, 1.165) is 18.4 Å². The van der Waals surface area contributed by atoms with Crippen LogP contribution in [0.4, 0.5) is 4.39 Å². The van der Waals surface area contributed by atoms with E-state index in [1.807, 2.05) is 0 Å². The zero-order valence-electron chi connectivity index (χ0n) is 10.1. The van der Waals surface area contributed by atoms with Gasteiger partial charge in [-0.15, -0.1) is 5.10 Å². The van der Waals surface area contributed by atoms with E-state index in [-0.39, 0.29) is 11.5 Å². The van der Waals surface area contributed by atoms with Crippen molar-refractivity contribution < 1.29 is 9.18 Å². The Hall–Kier alpha value is -2.04. The lowest BCUT2D eigenvalue weighted by Gasteiger charge is -2.06. The van der Waals surface area contributed by atoms with Crippen molar-refractivity contribution in [2.45, 2.75) is 26.3 Å². The highest BCUT2D eigenvalue weighted by Crippen LogP contribution is 2.22. The molecule has 18 heavy (non-hydrogen) atoms. The van der Waals surface area contributed by atoms with Gasteiger partial charge < -0.3 is 0 Å². The second-order valence-corrected chi connectivity index (χ2v) is 4.02. The summed E-state index contributed by atoms with van der Waals surface area (Å²) in [7, 11) is 0. The first-order chi connectivity index (χ1) is 8.76. The second kappa shape index (κ2) is 5.53. The summed E-state index contributed by atoms with van der Waals surface area (Å²) in [5.41, 5.74) is 1.69. The monoisotopic (exact) mass is 247 g/mol. The first-order valence-corrected chi connectivity index (χ1v) is 5.91. The highest BCUT2D eigenvalue weighted by atomic mass is 19.1. The summed E-state index contributed by atoms with van der Waals surface area (Å²) in [5, 5.41) is 7.80. The number of hydrogen-bond acceptors (Lipinski definition) is 3. The van der Waals surface area contributed by atoms with Crippen LogP contribution in [0.3, 0.4) is 0 Å². The zero-order chi connectivity index (χ0) is 13.0. The number of carbonyl (C=O) groups is 1. The van der Waals surface area contributed by atoms with Gasteiger partial charge in [0.05, 0.1) is 5.69 Å². The third-order valence-corrected chi connectivity index (χ3v) is 2.71. The third kappa shape index (κ3) is 2.45. The number of halogens is 1. The molecule has 1 heterocycles. The molecule has 0 N–H and O–H groups in total. The van der Waals surface area contributed by atoms with Gasteiger partial charge in [0.2, 0.25) is 0 Å². The van der Waals surface area contributed by atoms with E-state index in [1.165, 1.54) is 12.1 Å². The fourth-order valence-corrected chi connectivity index (χ4v) is 1.77. The Labute approximate surface area is 104 Å². The van der Waals surface area contributed by atoms with Crippen molar-refractivity contribution in [3.63, 3.8) is 0 Å². The third-order valence-electron chi connectivity index (χ3n) is 2.71. The molecule has 2 aromatic rings. The lowest BCUT2D eigenvalue weighted by atomic mass is 10.1. The van der Waals surface area contributed by atoms with Crippen molar-refractivity contribution in [2.75, 3.05) is 0 Å². The van der Waals surface area contributed by atoms with Gasteiger partial charge in [-0.25, -0.2) is 9.07 Å². The molecule has 0 radical (unpaired) electrons. The predicted molar refractivity (Wildman–Crippen MR) is 65.7 cm³/mol. The summed E-state index contributed by atoms with van der Waals surface area (Å²) in [4.78, 5) is 11.0. The van der Waals surface area contributed by atoms with Gasteiger partial charge in [0.25, 0.3) is 0 Å². The number of aldehydes is 1. The van der Waals surface area contributed by atoms with Crippen molar-refractivity contribution in [3.8, 4) is 11.3 Å². The Kier molecular flexibility index (Phi) is 3.82. The molecule has 94 valence electrons. The lowest BCUT2D eigenvalue weighted by Crippen LogP contribution is -2.03. The number of aryl methyl sites for hydroxylation is 1. The Morgan fingerprint density at radius 1 is 1.33 bits per heavy atom. The van der Waals surface area contributed by atoms with Crippen LogP contribution in [0.2, 0.25) is 0 Å². The maximum atomic E-state index is 12.9. The van der Waals surface area contributed by atoms with Crippen molar-refractivity contribution in [3.05, 3.63) is 35.8 Å². The first kappa shape index (κ1) is 12.4. The Morgan fingerprint density at radius 3 is 2.67 bits per heavy atom. The number of rotatable bonds is 5. The molecule has 0 amide bonds. The summed E-state index contributed by atoms with van der Waals surface area (Å²) < 4.78 is 14.6. The molecule has 4 nitrogen and oxygen atoms in total. The number of hydrogen-bond donors (Lipinski definition) is 0. The summed E-state index contributed by atoms with van der Waals surface area (Å²) >= 11 is 0. The Balaban J connectivity index is 2.42. The van der Waals surface area contributed by atoms with Crippen LogP contribution in [0.1, 0.15) is 30.3 Å². The largest absolute Gasteiger partial charge is 0.296 e. The molecule has 0 aliphatic rings. The highest BCUT2D eigenvalue weighted by Gasteiger charge is 2.13. The minimum atomic E-state index is -0.306. The fraction of sp³-hybridized carbons (Fsp3) is 0.308. The smallest absolute Gasteiger partial charge is 0.172 e. The van der Waals surface area contributed by atoms with E-state index >= 15 is 0 Å². The van der Waals surface area contributed by atoms with Gasteiger partial charge in [0.1, 0.15) is 5.82 Å². The van der Waals surface area contributed by atoms with Crippen LogP contribution in [0, 0.1) is 5.82 Å². The SMILES string of the molecule is CCCCn1nnc(C=O)c1-c1ccc(F)cc1. The molecule has 0 bridgehead atoms. The maximum Gasteiger partial charge on any atom is 0.172 e. The summed E-state index contributed by atoms with van der Waals surface area (Å²) in [6.45, 7) is 2.78. The molecule has 0 unspecified atom stereocenters. The van der Waals surface area contributed by atoms with Gasteiger partial charge in [-0.05, 0) is 30.7 Å². The van der Waals surface area contributed by atoms with Crippen LogP contribution in [-0.4, -0.2) is 21.3 Å². The second-order valence-electron chi connectivity index (χ2n) is 4.02. The minimum absolute atomic E-state index is 0.290. The average molecular weight is 247 g/mol. The van der Waals surface area contributed by atoms with Gasteiger partial charge >= 0.3 is 0 Å². The quantitative estimate of drug-likeness (QED) is 0.763. The van der Waals surface area contributed by atoms with Gasteiger partial charge in [-0.1, -0.05) is 18.6 Å². The van der Waals surface area contributed by atoms with E-state index in [9.17, 15) is 9.18 Å². The molecular weight excluding hydrogens is 233 g/mol. The topological polar surface area (TPSA) is 47.8 Å². The summed E-state index contributed by atoms with van der Waals surface area (Å²) in [6, 6.07) is 5.98. The molecule has 0 saturated heterocycles. The molecule has 0 atom stereocenters. The molecule has 2 rings (SSSR count). The summed E-state index contributed by atoms with van der Waals surface area (Å²) in [5.74, 6) is -0.306. The lowest BCUT2D eigenvalue weighted by molar-refractivity contribution is 0.111. The Bertz CT molecular complexity index is 534. The normalized spacial score (nSPS) is 10.6. The van der Waals surface area contributed by atoms with E-state index < -0.39 is 0 Å². The van der Waals surface area contributed by atoms with E-state index in [4.69, 9.17) is 0 Å².